The van der Waals surface area contributed by atoms with Crippen LogP contribution in [0.2, 0.25) is 0 Å². The summed E-state index contributed by atoms with van der Waals surface area (Å²) in [5.41, 5.74) is 1.06. The fraction of sp³-hybridized carbons (Fsp3) is 0.310. The summed E-state index contributed by atoms with van der Waals surface area (Å²) in [6, 6.07) is 19.9. The first kappa shape index (κ1) is 28.5. The molecule has 1 aliphatic heterocycles. The standard InChI is InChI=1S/C29H33N3O5S2/c1-3-37-23-13-11-22(12-14-23)32(39(35,36)25-17-15-24(38-2)16-18-25)21-28(33)30-27-10-6-5-9-26(27)29(34)31-19-7-4-8-20-31/h5-6,9-18H,3-4,7-8,19-21H2,1-2H3,(H,30,33). The number of rotatable bonds is 10. The van der Waals surface area contributed by atoms with Gasteiger partial charge in [0, 0.05) is 18.0 Å². The molecule has 0 radical (unpaired) electrons. The Labute approximate surface area is 234 Å². The lowest BCUT2D eigenvalue weighted by Gasteiger charge is -2.28. The molecule has 0 aliphatic carbocycles. The van der Waals surface area contributed by atoms with Gasteiger partial charge >= 0.3 is 0 Å². The summed E-state index contributed by atoms with van der Waals surface area (Å²) in [5, 5.41) is 2.78. The van der Waals surface area contributed by atoms with Crippen LogP contribution in [0.5, 0.6) is 5.75 Å². The van der Waals surface area contributed by atoms with E-state index in [2.05, 4.69) is 5.32 Å². The van der Waals surface area contributed by atoms with Gasteiger partial charge in [-0.1, -0.05) is 12.1 Å². The largest absolute Gasteiger partial charge is 0.494 e. The predicted molar refractivity (Wildman–Crippen MR) is 155 cm³/mol. The highest BCUT2D eigenvalue weighted by Gasteiger charge is 2.28. The Balaban J connectivity index is 1.61. The Morgan fingerprint density at radius 2 is 1.62 bits per heavy atom. The third-order valence-corrected chi connectivity index (χ3v) is 8.98. The van der Waals surface area contributed by atoms with Gasteiger partial charge < -0.3 is 15.0 Å². The second kappa shape index (κ2) is 13.0. The molecule has 4 rings (SSSR count). The van der Waals surface area contributed by atoms with E-state index in [0.717, 1.165) is 28.5 Å². The average Bonchev–Trinajstić information content (AvgIpc) is 2.97. The molecule has 1 aliphatic rings. The first-order valence-electron chi connectivity index (χ1n) is 12.9. The molecule has 0 saturated carbocycles. The molecule has 0 atom stereocenters. The van der Waals surface area contributed by atoms with Crippen LogP contribution in [0.3, 0.4) is 0 Å². The molecule has 3 aromatic carbocycles. The number of hydrogen-bond acceptors (Lipinski definition) is 6. The van der Waals surface area contributed by atoms with E-state index in [4.69, 9.17) is 4.74 Å². The highest BCUT2D eigenvalue weighted by molar-refractivity contribution is 7.98. The number of ether oxygens (including phenoxy) is 1. The van der Waals surface area contributed by atoms with Crippen LogP contribution in [-0.2, 0) is 14.8 Å². The lowest BCUT2D eigenvalue weighted by atomic mass is 10.1. The van der Waals surface area contributed by atoms with Gasteiger partial charge in [-0.05, 0) is 93.1 Å². The zero-order valence-electron chi connectivity index (χ0n) is 22.1. The van der Waals surface area contributed by atoms with Crippen molar-refractivity contribution in [2.45, 2.75) is 36.0 Å². The number of para-hydroxylation sites is 1. The minimum absolute atomic E-state index is 0.0719. The van der Waals surface area contributed by atoms with E-state index >= 15 is 0 Å². The summed E-state index contributed by atoms with van der Waals surface area (Å²) in [6.07, 6.45) is 4.91. The Hall–Kier alpha value is -3.50. The van der Waals surface area contributed by atoms with Crippen LogP contribution < -0.4 is 14.4 Å². The van der Waals surface area contributed by atoms with Crippen molar-refractivity contribution < 1.29 is 22.7 Å². The molecule has 2 amide bonds. The maximum atomic E-state index is 13.8. The van der Waals surface area contributed by atoms with Gasteiger partial charge in [0.2, 0.25) is 5.91 Å². The molecule has 0 aromatic heterocycles. The molecule has 206 valence electrons. The van der Waals surface area contributed by atoms with E-state index in [1.807, 2.05) is 13.2 Å². The molecule has 0 bridgehead atoms. The van der Waals surface area contributed by atoms with Crippen molar-refractivity contribution in [3.63, 3.8) is 0 Å². The number of anilines is 2. The van der Waals surface area contributed by atoms with Crippen molar-refractivity contribution in [3.8, 4) is 5.75 Å². The van der Waals surface area contributed by atoms with Crippen LogP contribution >= 0.6 is 11.8 Å². The van der Waals surface area contributed by atoms with Gasteiger partial charge in [0.25, 0.3) is 15.9 Å². The Morgan fingerprint density at radius 1 is 0.949 bits per heavy atom. The lowest BCUT2D eigenvalue weighted by molar-refractivity contribution is -0.114. The highest BCUT2D eigenvalue weighted by atomic mass is 32.2. The minimum Gasteiger partial charge on any atom is -0.494 e. The van der Waals surface area contributed by atoms with E-state index in [0.29, 0.717) is 42.4 Å². The third kappa shape index (κ3) is 6.93. The van der Waals surface area contributed by atoms with Crippen LogP contribution in [0.15, 0.2) is 82.6 Å². The van der Waals surface area contributed by atoms with Crippen LogP contribution in [-0.4, -0.2) is 57.6 Å². The summed E-state index contributed by atoms with van der Waals surface area (Å²) in [4.78, 5) is 29.3. The van der Waals surface area contributed by atoms with Gasteiger partial charge in [0.1, 0.15) is 12.3 Å². The second-order valence-corrected chi connectivity index (χ2v) is 11.8. The van der Waals surface area contributed by atoms with E-state index in [1.165, 1.54) is 23.9 Å². The lowest BCUT2D eigenvalue weighted by Crippen LogP contribution is -2.39. The van der Waals surface area contributed by atoms with E-state index < -0.39 is 22.5 Å². The van der Waals surface area contributed by atoms with Crippen LogP contribution in [0, 0.1) is 0 Å². The summed E-state index contributed by atoms with van der Waals surface area (Å²) < 4.78 is 34.1. The first-order chi connectivity index (χ1) is 18.8. The molecular weight excluding hydrogens is 534 g/mol. The van der Waals surface area contributed by atoms with Gasteiger partial charge in [-0.15, -0.1) is 11.8 Å². The molecule has 0 unspecified atom stereocenters. The number of likely N-dealkylation sites (tertiary alicyclic amines) is 1. The number of piperidine rings is 1. The number of benzene rings is 3. The van der Waals surface area contributed by atoms with E-state index in [-0.39, 0.29) is 10.8 Å². The number of sulfonamides is 1. The molecule has 1 N–H and O–H groups in total. The summed E-state index contributed by atoms with van der Waals surface area (Å²) >= 11 is 1.51. The Morgan fingerprint density at radius 3 is 2.26 bits per heavy atom. The molecule has 1 fully saturated rings. The van der Waals surface area contributed by atoms with Crippen molar-refractivity contribution in [3.05, 3.63) is 78.4 Å². The van der Waals surface area contributed by atoms with Gasteiger partial charge in [-0.3, -0.25) is 13.9 Å². The molecular formula is C29H33N3O5S2. The number of thioether (sulfide) groups is 1. The van der Waals surface area contributed by atoms with Crippen LogP contribution in [0.1, 0.15) is 36.5 Å². The predicted octanol–water partition coefficient (Wildman–Crippen LogP) is 5.27. The first-order valence-corrected chi connectivity index (χ1v) is 15.6. The Bertz CT molecular complexity index is 1390. The van der Waals surface area contributed by atoms with Gasteiger partial charge in [0.05, 0.1) is 28.4 Å². The SMILES string of the molecule is CCOc1ccc(N(CC(=O)Nc2ccccc2C(=O)N2CCCCC2)S(=O)(=O)c2ccc(SC)cc2)cc1. The maximum Gasteiger partial charge on any atom is 0.264 e. The molecule has 39 heavy (non-hydrogen) atoms. The second-order valence-electron chi connectivity index (χ2n) is 9.06. The number of carbonyl (C=O) groups excluding carboxylic acids is 2. The molecule has 0 spiro atoms. The van der Waals surface area contributed by atoms with Crippen molar-refractivity contribution in [1.82, 2.24) is 4.90 Å². The molecule has 8 nitrogen and oxygen atoms in total. The van der Waals surface area contributed by atoms with Crippen LogP contribution in [0.25, 0.3) is 0 Å². The minimum atomic E-state index is -4.09. The molecule has 3 aromatic rings. The third-order valence-electron chi connectivity index (χ3n) is 6.45. The highest BCUT2D eigenvalue weighted by Crippen LogP contribution is 2.28. The molecule has 10 heteroatoms. The van der Waals surface area contributed by atoms with E-state index in [9.17, 15) is 18.0 Å². The van der Waals surface area contributed by atoms with Gasteiger partial charge in [-0.2, -0.15) is 0 Å². The number of nitrogens with zero attached hydrogens (tertiary/aromatic N) is 2. The number of amides is 2. The fourth-order valence-electron chi connectivity index (χ4n) is 4.43. The quantitative estimate of drug-likeness (QED) is 0.336. The number of hydrogen-bond donors (Lipinski definition) is 1. The zero-order chi connectivity index (χ0) is 27.8. The molecule has 1 heterocycles. The van der Waals surface area contributed by atoms with E-state index in [1.54, 1.807) is 65.6 Å². The normalized spacial score (nSPS) is 13.5. The summed E-state index contributed by atoms with van der Waals surface area (Å²) in [6.45, 7) is 3.22. The van der Waals surface area contributed by atoms with Crippen LogP contribution in [0.4, 0.5) is 11.4 Å². The van der Waals surface area contributed by atoms with Gasteiger partial charge in [0.15, 0.2) is 0 Å². The maximum absolute atomic E-state index is 13.8. The van der Waals surface area contributed by atoms with Crippen molar-refractivity contribution in [2.24, 2.45) is 0 Å². The fourth-order valence-corrected chi connectivity index (χ4v) is 6.26. The summed E-state index contributed by atoms with van der Waals surface area (Å²) in [7, 11) is -4.09. The zero-order valence-corrected chi connectivity index (χ0v) is 23.8. The smallest absolute Gasteiger partial charge is 0.264 e. The Kier molecular flexibility index (Phi) is 9.53. The average molecular weight is 568 g/mol. The summed E-state index contributed by atoms with van der Waals surface area (Å²) in [5.74, 6) is -0.111. The monoisotopic (exact) mass is 567 g/mol. The topological polar surface area (TPSA) is 96.0 Å². The van der Waals surface area contributed by atoms with Gasteiger partial charge in [-0.25, -0.2) is 8.42 Å². The van der Waals surface area contributed by atoms with Crippen molar-refractivity contribution in [2.75, 3.05) is 42.1 Å². The molecule has 1 saturated heterocycles. The van der Waals surface area contributed by atoms with Crippen molar-refractivity contribution >= 4 is 45.0 Å². The van der Waals surface area contributed by atoms with Crippen molar-refractivity contribution in [1.29, 1.82) is 0 Å². The number of carbonyl (C=O) groups is 2. The number of nitrogens with one attached hydrogen (secondary N) is 1.